The van der Waals surface area contributed by atoms with Crippen LogP contribution in [0.2, 0.25) is 0 Å². The number of hydrogen-bond acceptors (Lipinski definition) is 4. The van der Waals surface area contributed by atoms with Crippen molar-refractivity contribution in [3.8, 4) is 0 Å². The number of carbonyl (C=O) groups excluding carboxylic acids is 1. The second kappa shape index (κ2) is 4.28. The predicted molar refractivity (Wildman–Crippen MR) is 54.8 cm³/mol. The van der Waals surface area contributed by atoms with Crippen LogP contribution in [0, 0.1) is 0 Å². The Morgan fingerprint density at radius 2 is 2.21 bits per heavy atom. The summed E-state index contributed by atoms with van der Waals surface area (Å²) >= 11 is 0. The van der Waals surface area contributed by atoms with Crippen LogP contribution in [-0.2, 0) is 9.53 Å². The van der Waals surface area contributed by atoms with Crippen molar-refractivity contribution in [1.82, 2.24) is 5.32 Å². The Morgan fingerprint density at radius 3 is 2.64 bits per heavy atom. The van der Waals surface area contributed by atoms with Gasteiger partial charge in [0.05, 0.1) is 0 Å². The topological polar surface area (TPSA) is 64.3 Å². The molecule has 2 atom stereocenters. The zero-order valence-corrected chi connectivity index (χ0v) is 9.17. The summed E-state index contributed by atoms with van der Waals surface area (Å²) in [5.74, 6) is -0.308. The van der Waals surface area contributed by atoms with Crippen LogP contribution in [0.25, 0.3) is 0 Å². The van der Waals surface area contributed by atoms with E-state index in [1.54, 1.807) is 0 Å². The molecule has 1 aliphatic rings. The maximum absolute atomic E-state index is 11.6. The largest absolute Gasteiger partial charge is 0.459 e. The molecule has 4 nitrogen and oxygen atoms in total. The van der Waals surface area contributed by atoms with Crippen LogP contribution in [0.3, 0.4) is 0 Å². The predicted octanol–water partition coefficient (Wildman–Crippen LogP) is 0.407. The molecule has 1 fully saturated rings. The minimum atomic E-state index is -0.531. The lowest BCUT2D eigenvalue weighted by Gasteiger charge is -2.24. The number of rotatable bonds is 2. The molecule has 82 valence electrons. The van der Waals surface area contributed by atoms with Gasteiger partial charge in [-0.2, -0.15) is 0 Å². The third kappa shape index (κ3) is 3.27. The Hall–Kier alpha value is -0.610. The molecule has 1 rings (SSSR count). The first-order valence-electron chi connectivity index (χ1n) is 5.12. The lowest BCUT2D eigenvalue weighted by Crippen LogP contribution is -2.49. The van der Waals surface area contributed by atoms with E-state index in [9.17, 15) is 4.79 Å². The SMILES string of the molecule is CC(C)(C)OC(=O)C(N)C1CCCN1. The first-order chi connectivity index (χ1) is 6.40. The maximum Gasteiger partial charge on any atom is 0.325 e. The number of ether oxygens (including phenoxy) is 1. The van der Waals surface area contributed by atoms with Crippen LogP contribution >= 0.6 is 0 Å². The van der Waals surface area contributed by atoms with E-state index >= 15 is 0 Å². The molecule has 1 aliphatic heterocycles. The second-order valence-corrected chi connectivity index (χ2v) is 4.76. The highest BCUT2D eigenvalue weighted by Gasteiger charge is 2.30. The van der Waals surface area contributed by atoms with Crippen LogP contribution in [-0.4, -0.2) is 30.2 Å². The lowest BCUT2D eigenvalue weighted by atomic mass is 10.1. The van der Waals surface area contributed by atoms with E-state index in [0.29, 0.717) is 0 Å². The van der Waals surface area contributed by atoms with Gasteiger partial charge in [-0.1, -0.05) is 0 Å². The molecule has 0 aromatic heterocycles. The Kier molecular flexibility index (Phi) is 3.50. The normalized spacial score (nSPS) is 24.7. The van der Waals surface area contributed by atoms with Gasteiger partial charge in [0.25, 0.3) is 0 Å². The number of hydrogen-bond donors (Lipinski definition) is 2. The molecule has 1 heterocycles. The van der Waals surface area contributed by atoms with E-state index in [2.05, 4.69) is 5.32 Å². The smallest absolute Gasteiger partial charge is 0.325 e. The van der Waals surface area contributed by atoms with Crippen LogP contribution in [0.15, 0.2) is 0 Å². The molecule has 0 aromatic carbocycles. The van der Waals surface area contributed by atoms with Crippen molar-refractivity contribution in [2.45, 2.75) is 51.3 Å². The fourth-order valence-corrected chi connectivity index (χ4v) is 1.55. The molecular formula is C10H20N2O2. The van der Waals surface area contributed by atoms with Gasteiger partial charge >= 0.3 is 5.97 Å². The Balaban J connectivity index is 2.43. The summed E-state index contributed by atoms with van der Waals surface area (Å²) in [6.45, 7) is 6.49. The Morgan fingerprint density at radius 1 is 1.57 bits per heavy atom. The summed E-state index contributed by atoms with van der Waals surface area (Å²) in [7, 11) is 0. The molecule has 4 heteroatoms. The standard InChI is InChI=1S/C10H20N2O2/c1-10(2,3)14-9(13)8(11)7-5-4-6-12-7/h7-8,12H,4-6,11H2,1-3H3. The Bertz CT molecular complexity index is 205. The zero-order chi connectivity index (χ0) is 10.8. The first kappa shape index (κ1) is 11.5. The average molecular weight is 200 g/mol. The van der Waals surface area contributed by atoms with Crippen LogP contribution < -0.4 is 11.1 Å². The van der Waals surface area contributed by atoms with Gasteiger partial charge in [-0.25, -0.2) is 0 Å². The van der Waals surface area contributed by atoms with E-state index in [4.69, 9.17) is 10.5 Å². The van der Waals surface area contributed by atoms with Gasteiger partial charge < -0.3 is 15.8 Å². The van der Waals surface area contributed by atoms with Gasteiger partial charge in [-0.05, 0) is 40.2 Å². The van der Waals surface area contributed by atoms with E-state index in [0.717, 1.165) is 19.4 Å². The van der Waals surface area contributed by atoms with Crippen molar-refractivity contribution in [2.24, 2.45) is 5.73 Å². The summed E-state index contributed by atoms with van der Waals surface area (Å²) in [4.78, 5) is 11.6. The van der Waals surface area contributed by atoms with Crippen molar-refractivity contribution in [1.29, 1.82) is 0 Å². The second-order valence-electron chi connectivity index (χ2n) is 4.76. The highest BCUT2D eigenvalue weighted by atomic mass is 16.6. The third-order valence-corrected chi connectivity index (χ3v) is 2.21. The molecular weight excluding hydrogens is 180 g/mol. The van der Waals surface area contributed by atoms with Gasteiger partial charge in [0.1, 0.15) is 11.6 Å². The minimum Gasteiger partial charge on any atom is -0.459 e. The van der Waals surface area contributed by atoms with Gasteiger partial charge in [-0.3, -0.25) is 4.79 Å². The number of esters is 1. The van der Waals surface area contributed by atoms with Crippen molar-refractivity contribution in [3.05, 3.63) is 0 Å². The van der Waals surface area contributed by atoms with Crippen molar-refractivity contribution < 1.29 is 9.53 Å². The van der Waals surface area contributed by atoms with E-state index in [-0.39, 0.29) is 12.0 Å². The quantitative estimate of drug-likeness (QED) is 0.634. The summed E-state index contributed by atoms with van der Waals surface area (Å²) in [6, 6.07) is -0.443. The molecule has 0 aromatic rings. The fourth-order valence-electron chi connectivity index (χ4n) is 1.55. The summed E-state index contributed by atoms with van der Waals surface area (Å²) < 4.78 is 5.21. The van der Waals surface area contributed by atoms with E-state index in [1.807, 2.05) is 20.8 Å². The van der Waals surface area contributed by atoms with E-state index in [1.165, 1.54) is 0 Å². The van der Waals surface area contributed by atoms with Gasteiger partial charge in [0.15, 0.2) is 0 Å². The summed E-state index contributed by atoms with van der Waals surface area (Å²) in [5.41, 5.74) is 5.34. The number of carbonyl (C=O) groups is 1. The number of nitrogens with two attached hydrogens (primary N) is 1. The molecule has 3 N–H and O–H groups in total. The summed E-state index contributed by atoms with van der Waals surface area (Å²) in [5, 5.41) is 3.20. The van der Waals surface area contributed by atoms with Crippen molar-refractivity contribution >= 4 is 5.97 Å². The van der Waals surface area contributed by atoms with Gasteiger partial charge in [-0.15, -0.1) is 0 Å². The van der Waals surface area contributed by atoms with E-state index < -0.39 is 11.6 Å². The molecule has 0 bridgehead atoms. The lowest BCUT2D eigenvalue weighted by molar-refractivity contribution is -0.157. The molecule has 0 amide bonds. The zero-order valence-electron chi connectivity index (χ0n) is 9.17. The molecule has 1 saturated heterocycles. The minimum absolute atomic E-state index is 0.0878. The molecule has 14 heavy (non-hydrogen) atoms. The van der Waals surface area contributed by atoms with Crippen molar-refractivity contribution in [3.63, 3.8) is 0 Å². The van der Waals surface area contributed by atoms with Crippen LogP contribution in [0.4, 0.5) is 0 Å². The fraction of sp³-hybridized carbons (Fsp3) is 0.900. The molecule has 0 saturated carbocycles. The molecule has 0 spiro atoms. The van der Waals surface area contributed by atoms with Crippen LogP contribution in [0.5, 0.6) is 0 Å². The van der Waals surface area contributed by atoms with Crippen LogP contribution in [0.1, 0.15) is 33.6 Å². The average Bonchev–Trinajstić information content (AvgIpc) is 2.51. The molecule has 0 radical (unpaired) electrons. The molecule has 2 unspecified atom stereocenters. The first-order valence-corrected chi connectivity index (χ1v) is 5.12. The molecule has 0 aliphatic carbocycles. The van der Waals surface area contributed by atoms with Gasteiger partial charge in [0, 0.05) is 6.04 Å². The highest BCUT2D eigenvalue weighted by molar-refractivity contribution is 5.76. The third-order valence-electron chi connectivity index (χ3n) is 2.21. The summed E-state index contributed by atoms with van der Waals surface area (Å²) in [6.07, 6.45) is 2.04. The Labute approximate surface area is 85.2 Å². The maximum atomic E-state index is 11.6. The highest BCUT2D eigenvalue weighted by Crippen LogP contribution is 2.13. The monoisotopic (exact) mass is 200 g/mol. The van der Waals surface area contributed by atoms with Gasteiger partial charge in [0.2, 0.25) is 0 Å². The van der Waals surface area contributed by atoms with Crippen molar-refractivity contribution in [2.75, 3.05) is 6.54 Å². The number of nitrogens with one attached hydrogen (secondary N) is 1.